The minimum absolute atomic E-state index is 0.00312. The fourth-order valence-electron chi connectivity index (χ4n) is 1.34. The summed E-state index contributed by atoms with van der Waals surface area (Å²) in [5.41, 5.74) is -0.304. The SMILES string of the molecule is Cc1ccc(NCC(O)CO)cc1C(F)(F)F. The van der Waals surface area contributed by atoms with Gasteiger partial charge in [-0.2, -0.15) is 13.2 Å². The van der Waals surface area contributed by atoms with Crippen molar-refractivity contribution < 1.29 is 23.4 Å². The highest BCUT2D eigenvalue weighted by Crippen LogP contribution is 2.33. The molecule has 96 valence electrons. The lowest BCUT2D eigenvalue weighted by molar-refractivity contribution is -0.138. The lowest BCUT2D eigenvalue weighted by atomic mass is 10.1. The first-order chi connectivity index (χ1) is 7.84. The van der Waals surface area contributed by atoms with E-state index in [2.05, 4.69) is 5.32 Å². The van der Waals surface area contributed by atoms with Crippen LogP contribution in [0.3, 0.4) is 0 Å². The maximum Gasteiger partial charge on any atom is 0.416 e. The molecule has 0 aliphatic carbocycles. The van der Waals surface area contributed by atoms with Gasteiger partial charge >= 0.3 is 6.18 Å². The standard InChI is InChI=1S/C11H14F3NO2/c1-7-2-3-8(15-5-9(17)6-16)4-10(7)11(12,13)14/h2-4,9,15-17H,5-6H2,1H3. The smallest absolute Gasteiger partial charge is 0.394 e. The molecule has 0 saturated carbocycles. The zero-order valence-electron chi connectivity index (χ0n) is 9.25. The second-order valence-electron chi connectivity index (χ2n) is 3.74. The van der Waals surface area contributed by atoms with Crippen LogP contribution in [0.1, 0.15) is 11.1 Å². The first kappa shape index (κ1) is 13.8. The Labute approximate surface area is 96.9 Å². The normalized spacial score (nSPS) is 13.5. The summed E-state index contributed by atoms with van der Waals surface area (Å²) in [6, 6.07) is 3.84. The molecule has 0 aliphatic heterocycles. The van der Waals surface area contributed by atoms with Crippen LogP contribution in [-0.4, -0.2) is 29.5 Å². The highest BCUT2D eigenvalue weighted by molar-refractivity contribution is 5.49. The van der Waals surface area contributed by atoms with Crippen molar-refractivity contribution in [3.05, 3.63) is 29.3 Å². The third-order valence-corrected chi connectivity index (χ3v) is 2.30. The Morgan fingerprint density at radius 2 is 2.00 bits per heavy atom. The maximum absolute atomic E-state index is 12.6. The number of nitrogens with one attached hydrogen (secondary N) is 1. The van der Waals surface area contributed by atoms with Crippen LogP contribution in [0.2, 0.25) is 0 Å². The van der Waals surface area contributed by atoms with Gasteiger partial charge in [-0.1, -0.05) is 6.07 Å². The van der Waals surface area contributed by atoms with E-state index in [1.807, 2.05) is 0 Å². The first-order valence-electron chi connectivity index (χ1n) is 5.05. The molecule has 0 amide bonds. The molecular weight excluding hydrogens is 235 g/mol. The fourth-order valence-corrected chi connectivity index (χ4v) is 1.34. The summed E-state index contributed by atoms with van der Waals surface area (Å²) in [4.78, 5) is 0. The lowest BCUT2D eigenvalue weighted by Crippen LogP contribution is -2.23. The second kappa shape index (κ2) is 5.37. The van der Waals surface area contributed by atoms with Gasteiger partial charge in [-0.05, 0) is 24.6 Å². The summed E-state index contributed by atoms with van der Waals surface area (Å²) in [5.74, 6) is 0. The summed E-state index contributed by atoms with van der Waals surface area (Å²) in [6.45, 7) is 0.941. The van der Waals surface area contributed by atoms with Crippen LogP contribution in [0.15, 0.2) is 18.2 Å². The fraction of sp³-hybridized carbons (Fsp3) is 0.455. The van der Waals surface area contributed by atoms with Gasteiger partial charge in [0.15, 0.2) is 0 Å². The molecule has 0 aromatic heterocycles. The highest BCUT2D eigenvalue weighted by Gasteiger charge is 2.32. The van der Waals surface area contributed by atoms with E-state index in [0.717, 1.165) is 6.07 Å². The van der Waals surface area contributed by atoms with Crippen LogP contribution < -0.4 is 5.32 Å². The quantitative estimate of drug-likeness (QED) is 0.762. The van der Waals surface area contributed by atoms with E-state index in [0.29, 0.717) is 0 Å². The van der Waals surface area contributed by atoms with Gasteiger partial charge < -0.3 is 15.5 Å². The van der Waals surface area contributed by atoms with Gasteiger partial charge in [0.1, 0.15) is 0 Å². The van der Waals surface area contributed by atoms with E-state index in [1.54, 1.807) is 0 Å². The minimum Gasteiger partial charge on any atom is -0.394 e. The molecule has 6 heteroatoms. The molecule has 3 nitrogen and oxygen atoms in total. The maximum atomic E-state index is 12.6. The third kappa shape index (κ3) is 3.90. The number of aliphatic hydroxyl groups is 2. The van der Waals surface area contributed by atoms with Gasteiger partial charge in [-0.3, -0.25) is 0 Å². The number of aryl methyl sites for hydroxylation is 1. The molecule has 0 saturated heterocycles. The van der Waals surface area contributed by atoms with Crippen LogP contribution in [-0.2, 0) is 6.18 Å². The highest BCUT2D eigenvalue weighted by atomic mass is 19.4. The van der Waals surface area contributed by atoms with Crippen molar-refractivity contribution in [3.63, 3.8) is 0 Å². The summed E-state index contributed by atoms with van der Waals surface area (Å²) in [5, 5.41) is 20.3. The van der Waals surface area contributed by atoms with Crippen molar-refractivity contribution in [2.24, 2.45) is 0 Å². The van der Waals surface area contributed by atoms with E-state index in [-0.39, 0.29) is 17.8 Å². The Morgan fingerprint density at radius 1 is 1.35 bits per heavy atom. The number of rotatable bonds is 4. The molecule has 0 spiro atoms. The van der Waals surface area contributed by atoms with E-state index in [1.165, 1.54) is 19.1 Å². The largest absolute Gasteiger partial charge is 0.416 e. The number of benzene rings is 1. The molecule has 0 fully saturated rings. The molecule has 1 rings (SSSR count). The molecular formula is C11H14F3NO2. The van der Waals surface area contributed by atoms with Crippen LogP contribution >= 0.6 is 0 Å². The van der Waals surface area contributed by atoms with Gasteiger partial charge in [0.25, 0.3) is 0 Å². The van der Waals surface area contributed by atoms with E-state index < -0.39 is 24.5 Å². The lowest BCUT2D eigenvalue weighted by Gasteiger charge is -2.14. The number of hydrogen-bond acceptors (Lipinski definition) is 3. The van der Waals surface area contributed by atoms with Crippen molar-refractivity contribution in [1.29, 1.82) is 0 Å². The third-order valence-electron chi connectivity index (χ3n) is 2.30. The van der Waals surface area contributed by atoms with Crippen molar-refractivity contribution in [2.75, 3.05) is 18.5 Å². The Hall–Kier alpha value is -1.27. The predicted molar refractivity (Wildman–Crippen MR) is 57.8 cm³/mol. The topological polar surface area (TPSA) is 52.5 Å². The van der Waals surface area contributed by atoms with Gasteiger partial charge in [-0.25, -0.2) is 0 Å². The Kier molecular flexibility index (Phi) is 4.36. The average Bonchev–Trinajstić information content (AvgIpc) is 2.26. The molecule has 0 heterocycles. The molecule has 1 aromatic carbocycles. The molecule has 17 heavy (non-hydrogen) atoms. The van der Waals surface area contributed by atoms with E-state index in [4.69, 9.17) is 10.2 Å². The van der Waals surface area contributed by atoms with Gasteiger partial charge in [0, 0.05) is 12.2 Å². The Bertz CT molecular complexity index is 379. The molecule has 1 unspecified atom stereocenters. The van der Waals surface area contributed by atoms with E-state index >= 15 is 0 Å². The number of hydrogen-bond donors (Lipinski definition) is 3. The molecule has 0 bridgehead atoms. The molecule has 3 N–H and O–H groups in total. The summed E-state index contributed by atoms with van der Waals surface area (Å²) in [6.07, 6.45) is -5.39. The number of halogens is 3. The number of aliphatic hydroxyl groups excluding tert-OH is 2. The van der Waals surface area contributed by atoms with Crippen molar-refractivity contribution in [1.82, 2.24) is 0 Å². The Morgan fingerprint density at radius 3 is 2.53 bits per heavy atom. The van der Waals surface area contributed by atoms with Crippen LogP contribution in [0.4, 0.5) is 18.9 Å². The monoisotopic (exact) mass is 249 g/mol. The zero-order valence-corrected chi connectivity index (χ0v) is 9.25. The molecule has 1 atom stereocenters. The second-order valence-corrected chi connectivity index (χ2v) is 3.74. The number of alkyl halides is 3. The van der Waals surface area contributed by atoms with Gasteiger partial charge in [0.2, 0.25) is 0 Å². The van der Waals surface area contributed by atoms with Crippen molar-refractivity contribution in [2.45, 2.75) is 19.2 Å². The van der Waals surface area contributed by atoms with E-state index in [9.17, 15) is 13.2 Å². The van der Waals surface area contributed by atoms with Gasteiger partial charge in [0.05, 0.1) is 18.3 Å². The van der Waals surface area contributed by atoms with Crippen molar-refractivity contribution in [3.8, 4) is 0 Å². The predicted octanol–water partition coefficient (Wildman–Crippen LogP) is 1.78. The Balaban J connectivity index is 2.82. The van der Waals surface area contributed by atoms with Gasteiger partial charge in [-0.15, -0.1) is 0 Å². The minimum atomic E-state index is -4.39. The van der Waals surface area contributed by atoms with Crippen molar-refractivity contribution >= 4 is 5.69 Å². The summed E-state index contributed by atoms with van der Waals surface area (Å²) < 4.78 is 37.7. The zero-order chi connectivity index (χ0) is 13.1. The summed E-state index contributed by atoms with van der Waals surface area (Å²) in [7, 11) is 0. The summed E-state index contributed by atoms with van der Waals surface area (Å²) >= 11 is 0. The van der Waals surface area contributed by atoms with Crippen LogP contribution in [0.25, 0.3) is 0 Å². The number of anilines is 1. The average molecular weight is 249 g/mol. The van der Waals surface area contributed by atoms with Crippen LogP contribution in [0, 0.1) is 6.92 Å². The molecule has 1 aromatic rings. The van der Waals surface area contributed by atoms with Crippen LogP contribution in [0.5, 0.6) is 0 Å². The molecule has 0 radical (unpaired) electrons. The first-order valence-corrected chi connectivity index (χ1v) is 5.05. The molecule has 0 aliphatic rings.